The quantitative estimate of drug-likeness (QED) is 0.673. The average Bonchev–Trinajstić information content (AvgIpc) is 3.28. The summed E-state index contributed by atoms with van der Waals surface area (Å²) >= 11 is 0. The van der Waals surface area contributed by atoms with Crippen molar-refractivity contribution in [2.75, 3.05) is 31.1 Å². The van der Waals surface area contributed by atoms with Gasteiger partial charge in [-0.2, -0.15) is 0 Å². The van der Waals surface area contributed by atoms with E-state index in [9.17, 15) is 4.79 Å². The van der Waals surface area contributed by atoms with Crippen molar-refractivity contribution in [3.63, 3.8) is 0 Å². The van der Waals surface area contributed by atoms with E-state index in [1.807, 2.05) is 23.1 Å². The molecule has 0 N–H and O–H groups in total. The van der Waals surface area contributed by atoms with Gasteiger partial charge in [-0.1, -0.05) is 42.5 Å². The molecule has 1 aliphatic rings. The van der Waals surface area contributed by atoms with Crippen LogP contribution in [0.25, 0.3) is 0 Å². The fraction of sp³-hybridized carbons (Fsp3) is 0.292. The van der Waals surface area contributed by atoms with Gasteiger partial charge in [0.15, 0.2) is 0 Å². The highest BCUT2D eigenvalue weighted by molar-refractivity contribution is 5.77. The summed E-state index contributed by atoms with van der Waals surface area (Å²) in [4.78, 5) is 17.5. The number of piperazine rings is 1. The van der Waals surface area contributed by atoms with E-state index >= 15 is 0 Å². The first-order valence-electron chi connectivity index (χ1n) is 9.98. The monoisotopic (exact) mass is 373 g/mol. The van der Waals surface area contributed by atoms with Crippen LogP contribution in [0, 0.1) is 6.92 Å². The summed E-state index contributed by atoms with van der Waals surface area (Å²) < 4.78 is 2.15. The Morgan fingerprint density at radius 2 is 1.50 bits per heavy atom. The van der Waals surface area contributed by atoms with Gasteiger partial charge in [0.25, 0.3) is 0 Å². The first kappa shape index (κ1) is 18.4. The maximum absolute atomic E-state index is 13.1. The first-order chi connectivity index (χ1) is 13.7. The van der Waals surface area contributed by atoms with Crippen LogP contribution < -0.4 is 4.90 Å². The molecule has 4 rings (SSSR count). The molecule has 0 saturated carbocycles. The maximum atomic E-state index is 13.1. The molecular formula is C24H27N3O. The van der Waals surface area contributed by atoms with Crippen molar-refractivity contribution in [2.24, 2.45) is 0 Å². The van der Waals surface area contributed by atoms with Crippen molar-refractivity contribution in [1.29, 1.82) is 0 Å². The van der Waals surface area contributed by atoms with Crippen LogP contribution in [0.5, 0.6) is 0 Å². The highest BCUT2D eigenvalue weighted by Crippen LogP contribution is 2.26. The molecule has 0 bridgehead atoms. The fourth-order valence-corrected chi connectivity index (χ4v) is 4.04. The zero-order valence-corrected chi connectivity index (χ0v) is 16.4. The lowest BCUT2D eigenvalue weighted by atomic mass is 9.98. The lowest BCUT2D eigenvalue weighted by molar-refractivity contribution is -0.132. The second-order valence-electron chi connectivity index (χ2n) is 7.41. The van der Waals surface area contributed by atoms with Crippen LogP contribution >= 0.6 is 0 Å². The second kappa shape index (κ2) is 8.34. The number of amides is 1. The molecule has 0 radical (unpaired) electrons. The zero-order valence-electron chi connectivity index (χ0n) is 16.4. The van der Waals surface area contributed by atoms with Gasteiger partial charge in [0, 0.05) is 44.3 Å². The number of hydrogen-bond acceptors (Lipinski definition) is 2. The van der Waals surface area contributed by atoms with Crippen LogP contribution in [0.4, 0.5) is 5.69 Å². The normalized spacial score (nSPS) is 15.5. The summed E-state index contributed by atoms with van der Waals surface area (Å²) in [6.45, 7) is 5.44. The lowest BCUT2D eigenvalue weighted by Gasteiger charge is -2.37. The van der Waals surface area contributed by atoms with E-state index in [0.717, 1.165) is 26.2 Å². The molecule has 28 heavy (non-hydrogen) atoms. The minimum atomic E-state index is 0.0378. The molecular weight excluding hydrogens is 346 g/mol. The minimum absolute atomic E-state index is 0.0378. The summed E-state index contributed by atoms with van der Waals surface area (Å²) in [5.74, 6) is 0.231. The molecule has 4 nitrogen and oxygen atoms in total. The summed E-state index contributed by atoms with van der Waals surface area (Å²) in [5, 5.41) is 0. The Balaban J connectivity index is 1.45. The van der Waals surface area contributed by atoms with Crippen LogP contribution in [-0.4, -0.2) is 41.6 Å². The highest BCUT2D eigenvalue weighted by Gasteiger charge is 2.25. The van der Waals surface area contributed by atoms with E-state index in [-0.39, 0.29) is 11.9 Å². The number of anilines is 1. The number of rotatable bonds is 5. The number of para-hydroxylation sites is 1. The van der Waals surface area contributed by atoms with Crippen molar-refractivity contribution in [2.45, 2.75) is 19.4 Å². The van der Waals surface area contributed by atoms with Crippen LogP contribution in [0.3, 0.4) is 0 Å². The Hall–Kier alpha value is -3.01. The van der Waals surface area contributed by atoms with E-state index in [4.69, 9.17) is 0 Å². The topological polar surface area (TPSA) is 28.5 Å². The SMILES string of the molecule is Cc1ccccc1C(CC(=O)N1CCN(c2ccccc2)CC1)n1cccc1. The average molecular weight is 374 g/mol. The van der Waals surface area contributed by atoms with Gasteiger partial charge in [0.05, 0.1) is 12.5 Å². The Kier molecular flexibility index (Phi) is 5.47. The third-order valence-corrected chi connectivity index (χ3v) is 5.66. The number of hydrogen-bond donors (Lipinski definition) is 0. The number of carbonyl (C=O) groups excluding carboxylic acids is 1. The van der Waals surface area contributed by atoms with Gasteiger partial charge in [-0.15, -0.1) is 0 Å². The molecule has 144 valence electrons. The third kappa shape index (κ3) is 3.96. The van der Waals surface area contributed by atoms with E-state index in [1.165, 1.54) is 16.8 Å². The van der Waals surface area contributed by atoms with Gasteiger partial charge >= 0.3 is 0 Å². The van der Waals surface area contributed by atoms with Crippen molar-refractivity contribution >= 4 is 11.6 Å². The van der Waals surface area contributed by atoms with Gasteiger partial charge in [0.2, 0.25) is 5.91 Å². The molecule has 1 atom stereocenters. The van der Waals surface area contributed by atoms with Crippen LogP contribution in [0.2, 0.25) is 0 Å². The number of carbonyl (C=O) groups is 1. The molecule has 2 aromatic carbocycles. The van der Waals surface area contributed by atoms with E-state index < -0.39 is 0 Å². The maximum Gasteiger partial charge on any atom is 0.225 e. The number of benzene rings is 2. The van der Waals surface area contributed by atoms with Crippen LogP contribution in [0.1, 0.15) is 23.6 Å². The Morgan fingerprint density at radius 3 is 2.18 bits per heavy atom. The number of nitrogens with zero attached hydrogens (tertiary/aromatic N) is 3. The highest BCUT2D eigenvalue weighted by atomic mass is 16.2. The number of aromatic nitrogens is 1. The van der Waals surface area contributed by atoms with E-state index in [1.54, 1.807) is 0 Å². The van der Waals surface area contributed by atoms with Gasteiger partial charge in [-0.05, 0) is 42.3 Å². The van der Waals surface area contributed by atoms with Gasteiger partial charge in [-0.25, -0.2) is 0 Å². The number of aryl methyl sites for hydroxylation is 1. The first-order valence-corrected chi connectivity index (χ1v) is 9.98. The molecule has 1 fully saturated rings. The van der Waals surface area contributed by atoms with E-state index in [0.29, 0.717) is 6.42 Å². The molecule has 0 aliphatic carbocycles. The van der Waals surface area contributed by atoms with E-state index in [2.05, 4.69) is 77.3 Å². The summed E-state index contributed by atoms with van der Waals surface area (Å²) in [6, 6.07) is 22.9. The lowest BCUT2D eigenvalue weighted by Crippen LogP contribution is -2.49. The van der Waals surface area contributed by atoms with Gasteiger partial charge in [-0.3, -0.25) is 4.79 Å². The molecule has 1 saturated heterocycles. The molecule has 1 aliphatic heterocycles. The fourth-order valence-electron chi connectivity index (χ4n) is 4.04. The summed E-state index contributed by atoms with van der Waals surface area (Å²) in [6.07, 6.45) is 4.60. The van der Waals surface area contributed by atoms with Crippen molar-refractivity contribution in [1.82, 2.24) is 9.47 Å². The van der Waals surface area contributed by atoms with Crippen molar-refractivity contribution in [3.8, 4) is 0 Å². The molecule has 3 aromatic rings. The zero-order chi connectivity index (χ0) is 19.3. The Bertz CT molecular complexity index is 897. The van der Waals surface area contributed by atoms with Crippen molar-refractivity contribution in [3.05, 3.63) is 90.3 Å². The van der Waals surface area contributed by atoms with Crippen LogP contribution in [-0.2, 0) is 4.79 Å². The second-order valence-corrected chi connectivity index (χ2v) is 7.41. The molecule has 2 heterocycles. The molecule has 4 heteroatoms. The summed E-state index contributed by atoms with van der Waals surface area (Å²) in [7, 11) is 0. The smallest absolute Gasteiger partial charge is 0.225 e. The molecule has 1 aromatic heterocycles. The standard InChI is InChI=1S/C24H27N3O/c1-20-9-5-6-12-22(20)23(26-13-7-8-14-26)19-24(28)27-17-15-25(16-18-27)21-10-3-2-4-11-21/h2-14,23H,15-19H2,1H3. The van der Waals surface area contributed by atoms with Crippen LogP contribution in [0.15, 0.2) is 79.1 Å². The third-order valence-electron chi connectivity index (χ3n) is 5.66. The van der Waals surface area contributed by atoms with Gasteiger partial charge < -0.3 is 14.4 Å². The Labute approximate surface area is 167 Å². The summed E-state index contributed by atoms with van der Waals surface area (Å²) in [5.41, 5.74) is 3.68. The van der Waals surface area contributed by atoms with Crippen molar-refractivity contribution < 1.29 is 4.79 Å². The predicted molar refractivity (Wildman–Crippen MR) is 114 cm³/mol. The molecule has 1 amide bonds. The molecule has 0 spiro atoms. The predicted octanol–water partition coefficient (Wildman–Crippen LogP) is 4.12. The minimum Gasteiger partial charge on any atom is -0.368 e. The Morgan fingerprint density at radius 1 is 0.857 bits per heavy atom. The largest absolute Gasteiger partial charge is 0.368 e. The van der Waals surface area contributed by atoms with Gasteiger partial charge in [0.1, 0.15) is 0 Å². The molecule has 1 unspecified atom stereocenters.